The maximum Gasteiger partial charge on any atom is 0.321 e. The van der Waals surface area contributed by atoms with E-state index in [1.165, 1.54) is 12.1 Å². The molecule has 0 atom stereocenters. The number of nitrogens with two attached hydrogens (primary N) is 1. The molecule has 0 aromatic heterocycles. The fourth-order valence-electron chi connectivity index (χ4n) is 2.09. The molecule has 7 heteroatoms. The number of rotatable bonds is 3. The number of carbonyl (C=O) groups is 1. The van der Waals surface area contributed by atoms with Crippen LogP contribution in [0, 0.1) is 0 Å². The predicted octanol–water partition coefficient (Wildman–Crippen LogP) is 0.816. The highest BCUT2D eigenvalue weighted by Gasteiger charge is 2.25. The average molecular weight is 283 g/mol. The maximum atomic E-state index is 11.9. The molecule has 0 unspecified atom stereocenters. The van der Waals surface area contributed by atoms with Gasteiger partial charge in [0.05, 0.1) is 4.90 Å². The molecule has 0 aliphatic carbocycles. The summed E-state index contributed by atoms with van der Waals surface area (Å²) in [6.07, 6.45) is 1.51. The van der Waals surface area contributed by atoms with Crippen LogP contribution in [0.1, 0.15) is 18.9 Å². The number of benzene rings is 1. The normalized spacial score (nSPS) is 14.3. The lowest BCUT2D eigenvalue weighted by Crippen LogP contribution is -2.39. The second-order valence-corrected chi connectivity index (χ2v) is 6.03. The molecule has 0 spiro atoms. The Labute approximate surface area is 112 Å². The van der Waals surface area contributed by atoms with E-state index in [-0.39, 0.29) is 10.9 Å². The van der Waals surface area contributed by atoms with Crippen molar-refractivity contribution in [3.05, 3.63) is 23.8 Å². The van der Waals surface area contributed by atoms with Crippen LogP contribution in [0.3, 0.4) is 0 Å². The van der Waals surface area contributed by atoms with Gasteiger partial charge in [0.1, 0.15) is 0 Å². The maximum absolute atomic E-state index is 11.9. The van der Waals surface area contributed by atoms with E-state index in [4.69, 9.17) is 5.14 Å². The molecule has 0 saturated heterocycles. The molecule has 2 amide bonds. The minimum Gasteiger partial charge on any atom is -0.338 e. The van der Waals surface area contributed by atoms with E-state index >= 15 is 0 Å². The summed E-state index contributed by atoms with van der Waals surface area (Å²) in [5, 5.41) is 7.89. The number of hydrogen-bond acceptors (Lipinski definition) is 3. The summed E-state index contributed by atoms with van der Waals surface area (Å²) in [5.41, 5.74) is 1.58. The van der Waals surface area contributed by atoms with Gasteiger partial charge in [-0.15, -0.1) is 0 Å². The summed E-state index contributed by atoms with van der Waals surface area (Å²) >= 11 is 0. The Morgan fingerprint density at radius 2 is 2.21 bits per heavy atom. The number of nitrogens with one attached hydrogen (secondary N) is 1. The molecule has 0 bridgehead atoms. The first-order valence-corrected chi connectivity index (χ1v) is 7.69. The van der Waals surface area contributed by atoms with Gasteiger partial charge in [0.15, 0.2) is 0 Å². The molecule has 19 heavy (non-hydrogen) atoms. The van der Waals surface area contributed by atoms with Crippen LogP contribution >= 0.6 is 0 Å². The average Bonchev–Trinajstić information content (AvgIpc) is 2.77. The van der Waals surface area contributed by atoms with E-state index in [9.17, 15) is 13.2 Å². The van der Waals surface area contributed by atoms with Gasteiger partial charge >= 0.3 is 6.03 Å². The lowest BCUT2D eigenvalue weighted by molar-refractivity contribution is 0.247. The second-order valence-electron chi connectivity index (χ2n) is 4.47. The number of hydrogen-bond donors (Lipinski definition) is 2. The van der Waals surface area contributed by atoms with E-state index in [0.717, 1.165) is 17.7 Å². The number of urea groups is 1. The monoisotopic (exact) mass is 283 g/mol. The van der Waals surface area contributed by atoms with Gasteiger partial charge < -0.3 is 5.32 Å². The lowest BCUT2D eigenvalue weighted by atomic mass is 10.2. The SMILES string of the molecule is CCCNC(=O)N1CCc2cc(S(N)(=O)=O)ccc21. The molecule has 0 radical (unpaired) electrons. The molecule has 0 saturated carbocycles. The zero-order valence-corrected chi connectivity index (χ0v) is 11.5. The number of fused-ring (bicyclic) bond motifs is 1. The van der Waals surface area contributed by atoms with E-state index in [1.807, 2.05) is 6.92 Å². The van der Waals surface area contributed by atoms with Gasteiger partial charge in [-0.05, 0) is 36.6 Å². The minimum atomic E-state index is -3.70. The number of amides is 2. The van der Waals surface area contributed by atoms with Crippen LogP contribution in [0.15, 0.2) is 23.1 Å². The van der Waals surface area contributed by atoms with Crippen LogP contribution < -0.4 is 15.4 Å². The highest BCUT2D eigenvalue weighted by Crippen LogP contribution is 2.29. The number of carbonyl (C=O) groups excluding carboxylic acids is 1. The van der Waals surface area contributed by atoms with E-state index < -0.39 is 10.0 Å². The molecule has 1 aliphatic heterocycles. The fourth-order valence-corrected chi connectivity index (χ4v) is 2.66. The molecule has 1 aromatic rings. The van der Waals surface area contributed by atoms with Crippen molar-refractivity contribution in [3.8, 4) is 0 Å². The number of sulfonamides is 1. The summed E-state index contributed by atoms with van der Waals surface area (Å²) in [4.78, 5) is 13.6. The molecule has 0 fully saturated rings. The van der Waals surface area contributed by atoms with Crippen LogP contribution in [0.2, 0.25) is 0 Å². The van der Waals surface area contributed by atoms with Crippen LogP contribution in [0.25, 0.3) is 0 Å². The van der Waals surface area contributed by atoms with Crippen LogP contribution in [0.4, 0.5) is 10.5 Å². The van der Waals surface area contributed by atoms with Crippen molar-refractivity contribution < 1.29 is 13.2 Å². The smallest absolute Gasteiger partial charge is 0.321 e. The van der Waals surface area contributed by atoms with Crippen molar-refractivity contribution in [3.63, 3.8) is 0 Å². The van der Waals surface area contributed by atoms with Gasteiger partial charge in [-0.25, -0.2) is 18.4 Å². The topological polar surface area (TPSA) is 92.5 Å². The van der Waals surface area contributed by atoms with E-state index in [0.29, 0.717) is 19.5 Å². The molecule has 2 rings (SSSR count). The Bertz CT molecular complexity index is 598. The third-order valence-corrected chi connectivity index (χ3v) is 3.96. The van der Waals surface area contributed by atoms with Crippen molar-refractivity contribution in [2.24, 2.45) is 5.14 Å². The largest absolute Gasteiger partial charge is 0.338 e. The highest BCUT2D eigenvalue weighted by atomic mass is 32.2. The van der Waals surface area contributed by atoms with Crippen LogP contribution in [-0.2, 0) is 16.4 Å². The van der Waals surface area contributed by atoms with Crippen molar-refractivity contribution in [1.82, 2.24) is 5.32 Å². The lowest BCUT2D eigenvalue weighted by Gasteiger charge is -2.18. The summed E-state index contributed by atoms with van der Waals surface area (Å²) in [6.45, 7) is 3.16. The Balaban J connectivity index is 2.25. The standard InChI is InChI=1S/C12H17N3O3S/c1-2-6-14-12(16)15-7-5-9-8-10(19(13,17)18)3-4-11(9)15/h3-4,8H,2,5-7H2,1H3,(H,14,16)(H2,13,17,18). The Kier molecular flexibility index (Phi) is 3.77. The van der Waals surface area contributed by atoms with Crippen LogP contribution in [-0.4, -0.2) is 27.5 Å². The van der Waals surface area contributed by atoms with Gasteiger partial charge in [-0.1, -0.05) is 6.92 Å². The van der Waals surface area contributed by atoms with Gasteiger partial charge in [-0.2, -0.15) is 0 Å². The molecule has 104 valence electrons. The quantitative estimate of drug-likeness (QED) is 0.860. The van der Waals surface area contributed by atoms with Crippen molar-refractivity contribution in [2.75, 3.05) is 18.0 Å². The highest BCUT2D eigenvalue weighted by molar-refractivity contribution is 7.89. The van der Waals surface area contributed by atoms with Crippen LogP contribution in [0.5, 0.6) is 0 Å². The van der Waals surface area contributed by atoms with E-state index in [1.54, 1.807) is 11.0 Å². The molecular weight excluding hydrogens is 266 g/mol. The Morgan fingerprint density at radius 3 is 2.84 bits per heavy atom. The first kappa shape index (κ1) is 13.8. The molecule has 3 N–H and O–H groups in total. The first-order valence-electron chi connectivity index (χ1n) is 6.14. The van der Waals surface area contributed by atoms with E-state index in [2.05, 4.69) is 5.32 Å². The molecule has 1 heterocycles. The summed E-state index contributed by atoms with van der Waals surface area (Å²) in [6, 6.07) is 4.45. The van der Waals surface area contributed by atoms with Crippen molar-refractivity contribution in [2.45, 2.75) is 24.7 Å². The number of primary sulfonamides is 1. The number of nitrogens with zero attached hydrogens (tertiary/aromatic N) is 1. The predicted molar refractivity (Wildman–Crippen MR) is 72.6 cm³/mol. The number of anilines is 1. The fraction of sp³-hybridized carbons (Fsp3) is 0.417. The molecule has 6 nitrogen and oxygen atoms in total. The van der Waals surface area contributed by atoms with Crippen molar-refractivity contribution >= 4 is 21.7 Å². The first-order chi connectivity index (χ1) is 8.93. The minimum absolute atomic E-state index is 0.0852. The van der Waals surface area contributed by atoms with Gasteiger partial charge in [0.2, 0.25) is 10.0 Å². The molecule has 1 aromatic carbocycles. The molecule has 1 aliphatic rings. The Morgan fingerprint density at radius 1 is 1.47 bits per heavy atom. The zero-order valence-electron chi connectivity index (χ0n) is 10.7. The van der Waals surface area contributed by atoms with Gasteiger partial charge in [-0.3, -0.25) is 4.90 Å². The third-order valence-electron chi connectivity index (χ3n) is 3.05. The van der Waals surface area contributed by atoms with Gasteiger partial charge in [0, 0.05) is 18.8 Å². The summed E-state index contributed by atoms with van der Waals surface area (Å²) in [7, 11) is -3.70. The third kappa shape index (κ3) is 2.87. The summed E-state index contributed by atoms with van der Waals surface area (Å²) in [5.74, 6) is 0. The summed E-state index contributed by atoms with van der Waals surface area (Å²) < 4.78 is 22.5. The van der Waals surface area contributed by atoms with Crippen molar-refractivity contribution in [1.29, 1.82) is 0 Å². The zero-order chi connectivity index (χ0) is 14.0. The second kappa shape index (κ2) is 5.18. The molecular formula is C12H17N3O3S. The Hall–Kier alpha value is -1.60. The van der Waals surface area contributed by atoms with Gasteiger partial charge in [0.25, 0.3) is 0 Å².